The van der Waals surface area contributed by atoms with E-state index in [1.54, 1.807) is 31.2 Å². The van der Waals surface area contributed by atoms with E-state index < -0.39 is 39.7 Å². The molecule has 2 heterocycles. The lowest BCUT2D eigenvalue weighted by Gasteiger charge is -2.11. The number of benzene rings is 3. The number of fused-ring (bicyclic) bond motifs is 2. The quantitative estimate of drug-likeness (QED) is 0.414. The van der Waals surface area contributed by atoms with Gasteiger partial charge in [-0.2, -0.15) is 13.2 Å². The molecule has 0 spiro atoms. The molecule has 5 aromatic rings. The summed E-state index contributed by atoms with van der Waals surface area (Å²) in [5, 5.41) is -0.643. The number of aromatic nitrogens is 2. The monoisotopic (exact) mass is 450 g/mol. The van der Waals surface area contributed by atoms with E-state index in [0.717, 1.165) is 34.9 Å². The normalized spacial score (nSPS) is 12.1. The summed E-state index contributed by atoms with van der Waals surface area (Å²) < 4.78 is 41.8. The third-order valence-electron chi connectivity index (χ3n) is 5.70. The van der Waals surface area contributed by atoms with Crippen molar-refractivity contribution in [1.82, 2.24) is 9.13 Å². The highest BCUT2D eigenvalue weighted by Crippen LogP contribution is 2.33. The van der Waals surface area contributed by atoms with E-state index in [9.17, 15) is 32.3 Å². The zero-order valence-corrected chi connectivity index (χ0v) is 16.9. The van der Waals surface area contributed by atoms with Gasteiger partial charge in [0, 0.05) is 0 Å². The third-order valence-corrected chi connectivity index (χ3v) is 5.70. The molecule has 0 saturated carbocycles. The fourth-order valence-electron chi connectivity index (χ4n) is 4.13. The fraction of sp³-hybridized carbons (Fsp3) is 0.0833. The molecule has 0 unspecified atom stereocenters. The fourth-order valence-corrected chi connectivity index (χ4v) is 4.13. The summed E-state index contributed by atoms with van der Waals surface area (Å²) in [4.78, 5) is 52.1. The first-order valence-corrected chi connectivity index (χ1v) is 9.78. The van der Waals surface area contributed by atoms with Crippen molar-refractivity contribution in [3.05, 3.63) is 113 Å². The molecule has 5 rings (SSSR count). The van der Waals surface area contributed by atoms with Gasteiger partial charge in [0.15, 0.2) is 0 Å². The molecule has 2 aromatic heterocycles. The van der Waals surface area contributed by atoms with Crippen LogP contribution in [0.2, 0.25) is 0 Å². The number of hydrogen-bond acceptors (Lipinski definition) is 4. The van der Waals surface area contributed by atoms with Crippen LogP contribution in [0.3, 0.4) is 0 Å². The molecular weight excluding hydrogens is 437 g/mol. The first-order valence-electron chi connectivity index (χ1n) is 9.78. The number of alkyl halides is 3. The summed E-state index contributed by atoms with van der Waals surface area (Å²) in [5.41, 5.74) is -4.08. The molecule has 0 atom stereocenters. The Bertz CT molecular complexity index is 1720. The van der Waals surface area contributed by atoms with Gasteiger partial charge in [-0.15, -0.1) is 0 Å². The number of rotatable bonds is 2. The molecule has 9 heteroatoms. The smallest absolute Gasteiger partial charge is 0.268 e. The van der Waals surface area contributed by atoms with Crippen LogP contribution in [0.15, 0.2) is 79.8 Å². The lowest BCUT2D eigenvalue weighted by atomic mass is 10.1. The average molecular weight is 450 g/mol. The second-order valence-electron chi connectivity index (χ2n) is 7.64. The van der Waals surface area contributed by atoms with Gasteiger partial charge in [0.2, 0.25) is 0 Å². The molecule has 0 radical (unpaired) electrons. The molecule has 0 aliphatic rings. The summed E-state index contributed by atoms with van der Waals surface area (Å²) in [5.74, 6) is 0. The maximum atomic E-state index is 13.5. The van der Waals surface area contributed by atoms with E-state index in [-0.39, 0.29) is 21.5 Å². The van der Waals surface area contributed by atoms with Gasteiger partial charge in [-0.1, -0.05) is 30.3 Å². The van der Waals surface area contributed by atoms with Gasteiger partial charge in [0.1, 0.15) is 0 Å². The predicted octanol–water partition coefficient (Wildman–Crippen LogP) is 3.22. The summed E-state index contributed by atoms with van der Waals surface area (Å²) in [7, 11) is 0. The maximum absolute atomic E-state index is 13.5. The molecule has 164 valence electrons. The largest absolute Gasteiger partial charge is 0.418 e. The van der Waals surface area contributed by atoms with Crippen molar-refractivity contribution in [1.29, 1.82) is 0 Å². The molecule has 6 nitrogen and oxygen atoms in total. The molecular formula is C24H13F3N2O4. The number of hydrogen-bond donors (Lipinski definition) is 0. The minimum absolute atomic E-state index is 0.0888. The Labute approximate surface area is 182 Å². The first-order chi connectivity index (χ1) is 15.6. The van der Waals surface area contributed by atoms with Crippen molar-refractivity contribution in [3.8, 4) is 11.4 Å². The van der Waals surface area contributed by atoms with E-state index in [4.69, 9.17) is 0 Å². The highest BCUT2D eigenvalue weighted by atomic mass is 19.4. The van der Waals surface area contributed by atoms with Crippen molar-refractivity contribution in [3.63, 3.8) is 0 Å². The molecule has 0 saturated heterocycles. The lowest BCUT2D eigenvalue weighted by molar-refractivity contribution is -0.137. The molecule has 0 N–H and O–H groups in total. The van der Waals surface area contributed by atoms with Gasteiger partial charge in [-0.25, -0.2) is 9.13 Å². The van der Waals surface area contributed by atoms with E-state index in [1.165, 1.54) is 6.07 Å². The van der Waals surface area contributed by atoms with Crippen LogP contribution < -0.4 is 22.2 Å². The number of para-hydroxylation sites is 2. The van der Waals surface area contributed by atoms with Crippen LogP contribution >= 0.6 is 0 Å². The lowest BCUT2D eigenvalue weighted by Crippen LogP contribution is -2.26. The topological polar surface area (TPSA) is 78.1 Å². The van der Waals surface area contributed by atoms with Gasteiger partial charge in [-0.05, 0) is 42.8 Å². The minimum Gasteiger partial charge on any atom is -0.268 e. The van der Waals surface area contributed by atoms with Crippen molar-refractivity contribution in [2.24, 2.45) is 0 Å². The number of halogens is 3. The van der Waals surface area contributed by atoms with Gasteiger partial charge < -0.3 is 0 Å². The van der Waals surface area contributed by atoms with Gasteiger partial charge >= 0.3 is 6.18 Å². The van der Waals surface area contributed by atoms with Crippen LogP contribution in [0, 0.1) is 6.92 Å². The number of aryl methyl sites for hydroxylation is 1. The van der Waals surface area contributed by atoms with Crippen LogP contribution in [-0.2, 0) is 6.18 Å². The molecule has 0 aliphatic carbocycles. The van der Waals surface area contributed by atoms with Gasteiger partial charge in [0.05, 0.1) is 38.5 Å². The Balaban J connectivity index is 1.86. The van der Waals surface area contributed by atoms with Crippen molar-refractivity contribution < 1.29 is 13.2 Å². The first kappa shape index (κ1) is 20.6. The van der Waals surface area contributed by atoms with E-state index in [2.05, 4.69) is 0 Å². The van der Waals surface area contributed by atoms with Crippen LogP contribution in [-0.4, -0.2) is 9.13 Å². The van der Waals surface area contributed by atoms with Crippen LogP contribution in [0.5, 0.6) is 0 Å². The van der Waals surface area contributed by atoms with Crippen molar-refractivity contribution in [2.75, 3.05) is 0 Å². The maximum Gasteiger partial charge on any atom is 0.418 e. The summed E-state index contributed by atoms with van der Waals surface area (Å²) >= 11 is 0. The van der Waals surface area contributed by atoms with Gasteiger partial charge in [-0.3, -0.25) is 19.2 Å². The molecule has 33 heavy (non-hydrogen) atoms. The molecule has 3 aromatic carbocycles. The van der Waals surface area contributed by atoms with Crippen molar-refractivity contribution in [2.45, 2.75) is 13.1 Å². The zero-order valence-electron chi connectivity index (χ0n) is 16.9. The molecule has 0 amide bonds. The van der Waals surface area contributed by atoms with Crippen LogP contribution in [0.1, 0.15) is 11.1 Å². The van der Waals surface area contributed by atoms with Gasteiger partial charge in [0.25, 0.3) is 22.2 Å². The van der Waals surface area contributed by atoms with Crippen LogP contribution in [0.25, 0.3) is 32.9 Å². The average Bonchev–Trinajstić information content (AvgIpc) is 3.16. The Hall–Kier alpha value is -4.27. The second kappa shape index (κ2) is 6.86. The Morgan fingerprint density at radius 3 is 1.45 bits per heavy atom. The molecule has 0 aliphatic heterocycles. The highest BCUT2D eigenvalue weighted by molar-refractivity contribution is 5.98. The Kier molecular flexibility index (Phi) is 4.29. The molecule has 0 fully saturated rings. The van der Waals surface area contributed by atoms with E-state index in [1.807, 2.05) is 0 Å². The standard InChI is InChI=1S/C24H13F3N2O4/c1-12-6-2-4-8-18(12)28-20(30)13-10-15-16(11-14(13)21(28)31)23(33)29(22(15)32)19-9-5-3-7-17(19)24(25,26)27/h2-11H,1H3. The minimum atomic E-state index is -4.80. The summed E-state index contributed by atoms with van der Waals surface area (Å²) in [6.45, 7) is 1.72. The summed E-state index contributed by atoms with van der Waals surface area (Å²) in [6, 6.07) is 13.2. The Morgan fingerprint density at radius 1 is 0.606 bits per heavy atom. The van der Waals surface area contributed by atoms with Crippen molar-refractivity contribution >= 4 is 21.5 Å². The Morgan fingerprint density at radius 2 is 1.00 bits per heavy atom. The predicted molar refractivity (Wildman–Crippen MR) is 117 cm³/mol. The zero-order chi connectivity index (χ0) is 23.7. The number of nitrogens with zero attached hydrogens (tertiary/aromatic N) is 2. The summed E-state index contributed by atoms with van der Waals surface area (Å²) in [6.07, 6.45) is -4.80. The second-order valence-corrected chi connectivity index (χ2v) is 7.64. The molecule has 0 bridgehead atoms. The van der Waals surface area contributed by atoms with E-state index in [0.29, 0.717) is 15.8 Å². The highest BCUT2D eigenvalue weighted by Gasteiger charge is 2.35. The van der Waals surface area contributed by atoms with E-state index >= 15 is 0 Å². The van der Waals surface area contributed by atoms with Crippen LogP contribution in [0.4, 0.5) is 13.2 Å². The SMILES string of the molecule is Cc1ccccc1-n1c(=O)c2cc3c(=O)n(-c4ccccc4C(F)(F)F)c(=O)c3cc2c1=O. The third kappa shape index (κ3) is 2.89.